The van der Waals surface area contributed by atoms with E-state index in [1.807, 2.05) is 0 Å². The largest absolute Gasteiger partial charge is 0.0843 e. The van der Waals surface area contributed by atoms with E-state index in [1.165, 1.54) is 0 Å². The minimum Gasteiger partial charge on any atom is -0.0843 e. The Morgan fingerprint density at radius 1 is 1.27 bits per heavy atom. The number of rotatable bonds is 1. The van der Waals surface area contributed by atoms with Crippen molar-refractivity contribution in [1.29, 1.82) is 0 Å². The monoisotopic (exact) mass is 205 g/mol. The fraction of sp³-hybridized carbons (Fsp3) is 0. The van der Waals surface area contributed by atoms with Crippen LogP contribution in [0.2, 0.25) is 10.0 Å². The van der Waals surface area contributed by atoms with E-state index >= 15 is 0 Å². The van der Waals surface area contributed by atoms with Crippen molar-refractivity contribution in [3.8, 4) is 0 Å². The summed E-state index contributed by atoms with van der Waals surface area (Å²) in [7, 11) is 0. The van der Waals surface area contributed by atoms with Gasteiger partial charge in [0.15, 0.2) is 0 Å². The molecule has 1 aromatic rings. The van der Waals surface area contributed by atoms with Crippen LogP contribution in [-0.4, -0.2) is 0 Å². The molecule has 0 fully saturated rings. The van der Waals surface area contributed by atoms with Gasteiger partial charge >= 0.3 is 0 Å². The Kier molecular flexibility index (Phi) is 2.83. The molecule has 0 saturated carbocycles. The van der Waals surface area contributed by atoms with Crippen molar-refractivity contribution >= 4 is 39.8 Å². The highest BCUT2D eigenvalue weighted by Gasteiger charge is 2.01. The maximum absolute atomic E-state index is 5.75. The van der Waals surface area contributed by atoms with Crippen molar-refractivity contribution < 1.29 is 0 Å². The summed E-state index contributed by atoms with van der Waals surface area (Å²) in [4.78, 5) is 0. The molecule has 0 N–H and O–H groups in total. The normalized spacial score (nSPS) is 9.73. The first-order valence-electron chi connectivity index (χ1n) is 2.84. The highest BCUT2D eigenvalue weighted by atomic mass is 35.5. The zero-order valence-corrected chi connectivity index (χ0v) is 7.71. The van der Waals surface area contributed by atoms with Gasteiger partial charge in [0.2, 0.25) is 0 Å². The Morgan fingerprint density at radius 2 is 1.91 bits per heavy atom. The van der Waals surface area contributed by atoms with Crippen molar-refractivity contribution in [3.63, 3.8) is 0 Å². The quantitative estimate of drug-likeness (QED) is 0.651. The average molecular weight is 206 g/mol. The van der Waals surface area contributed by atoms with Gasteiger partial charge in [-0.05, 0) is 18.7 Å². The van der Waals surface area contributed by atoms with Gasteiger partial charge in [-0.2, -0.15) is 0 Å². The van der Waals surface area contributed by atoms with Gasteiger partial charge in [0.05, 0.1) is 5.02 Å². The molecule has 0 aliphatic heterocycles. The van der Waals surface area contributed by atoms with E-state index in [9.17, 15) is 0 Å². The van der Waals surface area contributed by atoms with Crippen LogP contribution < -0.4 is 0 Å². The lowest BCUT2D eigenvalue weighted by atomic mass is 10.2. The first kappa shape index (κ1) is 8.92. The molecule has 0 nitrogen and oxygen atoms in total. The highest BCUT2D eigenvalue weighted by Crippen LogP contribution is 2.27. The Balaban J connectivity index is 3.20. The molecular weight excluding hydrogens is 202 g/mol. The zero-order chi connectivity index (χ0) is 8.43. The van der Waals surface area contributed by atoms with Crippen LogP contribution in [0.1, 0.15) is 5.56 Å². The molecule has 0 saturated heterocycles. The fourth-order valence-electron chi connectivity index (χ4n) is 0.683. The van der Waals surface area contributed by atoms with E-state index in [-0.39, 0.29) is 5.03 Å². The summed E-state index contributed by atoms with van der Waals surface area (Å²) in [6.07, 6.45) is 0. The van der Waals surface area contributed by atoms with Gasteiger partial charge in [0, 0.05) is 15.6 Å². The predicted molar refractivity (Wildman–Crippen MR) is 50.0 cm³/mol. The molecule has 1 radical (unpaired) electrons. The molecule has 1 rings (SSSR count). The van der Waals surface area contributed by atoms with E-state index in [0.29, 0.717) is 15.6 Å². The summed E-state index contributed by atoms with van der Waals surface area (Å²) in [6.45, 7) is 5.32. The van der Waals surface area contributed by atoms with Crippen LogP contribution in [0, 0.1) is 6.58 Å². The topological polar surface area (TPSA) is 0 Å². The molecule has 0 amide bonds. The molecule has 0 bridgehead atoms. The second-order valence-corrected chi connectivity index (χ2v) is 3.22. The van der Waals surface area contributed by atoms with E-state index in [2.05, 4.69) is 0 Å². The molecule has 0 spiro atoms. The van der Waals surface area contributed by atoms with Crippen LogP contribution in [0.4, 0.5) is 0 Å². The van der Waals surface area contributed by atoms with Gasteiger partial charge < -0.3 is 0 Å². The first-order chi connectivity index (χ1) is 5.11. The number of benzene rings is 1. The number of halogens is 3. The van der Waals surface area contributed by atoms with Gasteiger partial charge in [0.1, 0.15) is 0 Å². The van der Waals surface area contributed by atoms with Gasteiger partial charge in [-0.25, -0.2) is 0 Å². The molecule has 11 heavy (non-hydrogen) atoms. The lowest BCUT2D eigenvalue weighted by molar-refractivity contribution is 1.65. The third-order valence-corrected chi connectivity index (χ3v) is 1.94. The maximum Gasteiger partial charge on any atom is 0.0508 e. The molecular formula is C8H4Cl3. The van der Waals surface area contributed by atoms with Crippen LogP contribution in [0.3, 0.4) is 0 Å². The van der Waals surface area contributed by atoms with Crippen LogP contribution in [0.15, 0.2) is 18.2 Å². The summed E-state index contributed by atoms with van der Waals surface area (Å²) >= 11 is 16.9. The molecule has 0 aliphatic carbocycles. The Hall–Kier alpha value is -0.170. The van der Waals surface area contributed by atoms with Crippen LogP contribution in [-0.2, 0) is 0 Å². The third-order valence-electron chi connectivity index (χ3n) is 1.19. The molecule has 0 unspecified atom stereocenters. The van der Waals surface area contributed by atoms with E-state index in [0.717, 1.165) is 0 Å². The van der Waals surface area contributed by atoms with Crippen molar-refractivity contribution in [2.45, 2.75) is 0 Å². The zero-order valence-electron chi connectivity index (χ0n) is 5.44. The Labute approximate surface area is 80.4 Å². The van der Waals surface area contributed by atoms with Gasteiger partial charge in [-0.3, -0.25) is 0 Å². The molecule has 57 valence electrons. The van der Waals surface area contributed by atoms with E-state index in [1.54, 1.807) is 18.2 Å². The van der Waals surface area contributed by atoms with Crippen molar-refractivity contribution in [3.05, 3.63) is 40.4 Å². The predicted octanol–water partition coefficient (Wildman–Crippen LogP) is 4.01. The second kappa shape index (κ2) is 3.48. The molecule has 1 aromatic carbocycles. The minimum absolute atomic E-state index is 0.173. The standard InChI is InChI=1S/C8H4Cl3/c1-5(9)7-3-2-6(10)4-8(7)11/h1-4H. The summed E-state index contributed by atoms with van der Waals surface area (Å²) in [5.41, 5.74) is 0.609. The van der Waals surface area contributed by atoms with Crippen LogP contribution >= 0.6 is 34.8 Å². The molecule has 0 aromatic heterocycles. The van der Waals surface area contributed by atoms with E-state index in [4.69, 9.17) is 41.4 Å². The average Bonchev–Trinajstić information content (AvgIpc) is 1.85. The molecule has 0 atom stereocenters. The highest BCUT2D eigenvalue weighted by molar-refractivity contribution is 6.50. The SMILES string of the molecule is [CH]=C(Cl)c1ccc(Cl)cc1Cl. The fourth-order valence-corrected chi connectivity index (χ4v) is 1.41. The van der Waals surface area contributed by atoms with Crippen LogP contribution in [0.25, 0.3) is 5.03 Å². The third kappa shape index (κ3) is 2.13. The van der Waals surface area contributed by atoms with Gasteiger partial charge in [0.25, 0.3) is 0 Å². The summed E-state index contributed by atoms with van der Waals surface area (Å²) in [5, 5.41) is 1.20. The van der Waals surface area contributed by atoms with Crippen molar-refractivity contribution in [1.82, 2.24) is 0 Å². The Bertz CT molecular complexity index is 291. The minimum atomic E-state index is 0.173. The lowest BCUT2D eigenvalue weighted by Gasteiger charge is -2.00. The summed E-state index contributed by atoms with van der Waals surface area (Å²) in [6, 6.07) is 4.94. The molecule has 0 heterocycles. The molecule has 3 heteroatoms. The summed E-state index contributed by atoms with van der Waals surface area (Å²) < 4.78 is 0. The van der Waals surface area contributed by atoms with E-state index < -0.39 is 0 Å². The summed E-state index contributed by atoms with van der Waals surface area (Å²) in [5.74, 6) is 0. The number of hydrogen-bond acceptors (Lipinski definition) is 0. The smallest absolute Gasteiger partial charge is 0.0508 e. The van der Waals surface area contributed by atoms with Gasteiger partial charge in [-0.15, -0.1) is 0 Å². The van der Waals surface area contributed by atoms with Crippen molar-refractivity contribution in [2.24, 2.45) is 0 Å². The maximum atomic E-state index is 5.75. The van der Waals surface area contributed by atoms with Crippen molar-refractivity contribution in [2.75, 3.05) is 0 Å². The first-order valence-corrected chi connectivity index (χ1v) is 3.98. The molecule has 0 aliphatic rings. The second-order valence-electron chi connectivity index (χ2n) is 1.97. The van der Waals surface area contributed by atoms with Gasteiger partial charge in [-0.1, -0.05) is 40.9 Å². The van der Waals surface area contributed by atoms with Crippen LogP contribution in [0.5, 0.6) is 0 Å². The number of hydrogen-bond donors (Lipinski definition) is 0. The Morgan fingerprint density at radius 3 is 2.36 bits per heavy atom. The lowest BCUT2D eigenvalue weighted by Crippen LogP contribution is -1.77.